The van der Waals surface area contributed by atoms with Crippen LogP contribution < -0.4 is 0 Å². The molecule has 1 atom stereocenters. The first-order chi connectivity index (χ1) is 9.66. The average molecular weight is 268 g/mol. The zero-order chi connectivity index (χ0) is 14.1. The van der Waals surface area contributed by atoms with Crippen molar-refractivity contribution in [3.05, 3.63) is 54.4 Å². The van der Waals surface area contributed by atoms with Crippen LogP contribution in [0.25, 0.3) is 5.69 Å². The third-order valence-electron chi connectivity index (χ3n) is 4.25. The van der Waals surface area contributed by atoms with Crippen molar-refractivity contribution in [1.82, 2.24) is 9.47 Å². The first-order valence-electron chi connectivity index (χ1n) is 7.17. The highest BCUT2D eigenvalue weighted by molar-refractivity contribution is 5.94. The highest BCUT2D eigenvalue weighted by Crippen LogP contribution is 2.35. The summed E-state index contributed by atoms with van der Waals surface area (Å²) < 4.78 is 2.03. The SMILES string of the molecule is CC(C1CC1)N(C)C(=O)c1ccc(-n2cccc2)cc1. The fourth-order valence-corrected chi connectivity index (χ4v) is 2.57. The summed E-state index contributed by atoms with van der Waals surface area (Å²) in [5.74, 6) is 0.812. The van der Waals surface area contributed by atoms with Gasteiger partial charge in [0.05, 0.1) is 0 Å². The van der Waals surface area contributed by atoms with E-state index >= 15 is 0 Å². The molecule has 104 valence electrons. The van der Waals surface area contributed by atoms with E-state index in [1.807, 2.05) is 65.3 Å². The Morgan fingerprint density at radius 2 is 1.80 bits per heavy atom. The summed E-state index contributed by atoms with van der Waals surface area (Å²) in [5.41, 5.74) is 1.83. The maximum absolute atomic E-state index is 12.4. The Hall–Kier alpha value is -2.03. The van der Waals surface area contributed by atoms with E-state index in [1.54, 1.807) is 0 Å². The largest absolute Gasteiger partial charge is 0.339 e. The molecular formula is C17H20N2O. The number of amides is 1. The van der Waals surface area contributed by atoms with Crippen molar-refractivity contribution in [3.63, 3.8) is 0 Å². The van der Waals surface area contributed by atoms with E-state index in [4.69, 9.17) is 0 Å². The monoisotopic (exact) mass is 268 g/mol. The molecule has 20 heavy (non-hydrogen) atoms. The lowest BCUT2D eigenvalue weighted by atomic mass is 10.1. The highest BCUT2D eigenvalue weighted by atomic mass is 16.2. The van der Waals surface area contributed by atoms with Gasteiger partial charge in [0.2, 0.25) is 0 Å². The van der Waals surface area contributed by atoms with Crippen LogP contribution in [-0.4, -0.2) is 28.5 Å². The summed E-state index contributed by atoms with van der Waals surface area (Å²) in [6, 6.07) is 12.1. The molecule has 3 nitrogen and oxygen atoms in total. The molecule has 1 saturated carbocycles. The molecule has 0 N–H and O–H groups in total. The van der Waals surface area contributed by atoms with E-state index in [0.29, 0.717) is 12.0 Å². The van der Waals surface area contributed by atoms with E-state index in [9.17, 15) is 4.79 Å². The molecule has 1 aliphatic rings. The lowest BCUT2D eigenvalue weighted by Gasteiger charge is -2.25. The van der Waals surface area contributed by atoms with Crippen molar-refractivity contribution in [2.24, 2.45) is 5.92 Å². The molecule has 0 bridgehead atoms. The quantitative estimate of drug-likeness (QED) is 0.834. The Labute approximate surface area is 119 Å². The van der Waals surface area contributed by atoms with Gasteiger partial charge in [0.25, 0.3) is 5.91 Å². The Balaban J connectivity index is 1.75. The number of benzene rings is 1. The maximum atomic E-state index is 12.4. The van der Waals surface area contributed by atoms with Crippen LogP contribution in [-0.2, 0) is 0 Å². The lowest BCUT2D eigenvalue weighted by Crippen LogP contribution is -2.36. The van der Waals surface area contributed by atoms with Gasteiger partial charge in [-0.05, 0) is 62.1 Å². The number of rotatable bonds is 4. The van der Waals surface area contributed by atoms with Crippen molar-refractivity contribution >= 4 is 5.91 Å². The summed E-state index contributed by atoms with van der Waals surface area (Å²) in [6.07, 6.45) is 6.51. The Morgan fingerprint density at radius 1 is 1.20 bits per heavy atom. The smallest absolute Gasteiger partial charge is 0.253 e. The van der Waals surface area contributed by atoms with Crippen molar-refractivity contribution in [1.29, 1.82) is 0 Å². The van der Waals surface area contributed by atoms with E-state index in [2.05, 4.69) is 6.92 Å². The van der Waals surface area contributed by atoms with Crippen LogP contribution in [0.15, 0.2) is 48.8 Å². The first-order valence-corrected chi connectivity index (χ1v) is 7.17. The topological polar surface area (TPSA) is 25.2 Å². The second kappa shape index (κ2) is 5.16. The molecule has 3 heteroatoms. The van der Waals surface area contributed by atoms with E-state index in [1.165, 1.54) is 12.8 Å². The van der Waals surface area contributed by atoms with Crippen LogP contribution in [0.2, 0.25) is 0 Å². The van der Waals surface area contributed by atoms with Crippen LogP contribution in [0.3, 0.4) is 0 Å². The number of nitrogens with zero attached hydrogens (tertiary/aromatic N) is 2. The van der Waals surface area contributed by atoms with Gasteiger partial charge in [-0.1, -0.05) is 0 Å². The predicted octanol–water partition coefficient (Wildman–Crippen LogP) is 3.35. The fraction of sp³-hybridized carbons (Fsp3) is 0.353. The second-order valence-electron chi connectivity index (χ2n) is 5.63. The van der Waals surface area contributed by atoms with Crippen LogP contribution in [0.1, 0.15) is 30.1 Å². The molecule has 2 aromatic rings. The van der Waals surface area contributed by atoms with Crippen molar-refractivity contribution < 1.29 is 4.79 Å². The molecule has 1 aromatic heterocycles. The molecule has 0 saturated heterocycles. The molecule has 1 fully saturated rings. The molecule has 0 aliphatic heterocycles. The number of carbonyl (C=O) groups excluding carboxylic acids is 1. The van der Waals surface area contributed by atoms with Gasteiger partial charge < -0.3 is 9.47 Å². The Bertz CT molecular complexity index is 582. The van der Waals surface area contributed by atoms with E-state index in [0.717, 1.165) is 11.3 Å². The minimum absolute atomic E-state index is 0.114. The van der Waals surface area contributed by atoms with Gasteiger partial charge >= 0.3 is 0 Å². The summed E-state index contributed by atoms with van der Waals surface area (Å²) in [7, 11) is 1.91. The van der Waals surface area contributed by atoms with E-state index < -0.39 is 0 Å². The molecule has 0 spiro atoms. The van der Waals surface area contributed by atoms with Crippen LogP contribution >= 0.6 is 0 Å². The summed E-state index contributed by atoms with van der Waals surface area (Å²) >= 11 is 0. The van der Waals surface area contributed by atoms with Crippen molar-refractivity contribution in [2.75, 3.05) is 7.05 Å². The number of aromatic nitrogens is 1. The standard InChI is InChI=1S/C17H20N2O/c1-13(14-5-6-14)18(2)17(20)15-7-9-16(10-8-15)19-11-3-4-12-19/h3-4,7-14H,5-6H2,1-2H3. The van der Waals surface area contributed by atoms with Crippen LogP contribution in [0.5, 0.6) is 0 Å². The number of carbonyl (C=O) groups is 1. The zero-order valence-corrected chi connectivity index (χ0v) is 12.0. The van der Waals surface area contributed by atoms with Gasteiger partial charge in [-0.25, -0.2) is 0 Å². The molecule has 3 rings (SSSR count). The van der Waals surface area contributed by atoms with Crippen molar-refractivity contribution in [3.8, 4) is 5.69 Å². The number of hydrogen-bond donors (Lipinski definition) is 0. The van der Waals surface area contributed by atoms with Gasteiger partial charge in [-0.15, -0.1) is 0 Å². The van der Waals surface area contributed by atoms with Crippen molar-refractivity contribution in [2.45, 2.75) is 25.8 Å². The van der Waals surface area contributed by atoms with Gasteiger partial charge in [-0.3, -0.25) is 4.79 Å². The molecule has 1 unspecified atom stereocenters. The van der Waals surface area contributed by atoms with Crippen LogP contribution in [0, 0.1) is 5.92 Å². The summed E-state index contributed by atoms with van der Waals surface area (Å²) in [4.78, 5) is 14.3. The van der Waals surface area contributed by atoms with Gasteiger partial charge in [0, 0.05) is 36.7 Å². The third kappa shape index (κ3) is 2.48. The normalized spacial score (nSPS) is 15.9. The summed E-state index contributed by atoms with van der Waals surface area (Å²) in [5, 5.41) is 0. The molecular weight excluding hydrogens is 248 g/mol. The van der Waals surface area contributed by atoms with Crippen LogP contribution in [0.4, 0.5) is 0 Å². The summed E-state index contributed by atoms with van der Waals surface area (Å²) in [6.45, 7) is 2.14. The zero-order valence-electron chi connectivity index (χ0n) is 12.0. The fourth-order valence-electron chi connectivity index (χ4n) is 2.57. The molecule has 0 radical (unpaired) electrons. The van der Waals surface area contributed by atoms with Gasteiger partial charge in [0.1, 0.15) is 0 Å². The maximum Gasteiger partial charge on any atom is 0.253 e. The predicted molar refractivity (Wildman–Crippen MR) is 80.0 cm³/mol. The Kier molecular flexibility index (Phi) is 3.35. The molecule has 1 aliphatic carbocycles. The van der Waals surface area contributed by atoms with E-state index in [-0.39, 0.29) is 5.91 Å². The first kappa shape index (κ1) is 13.0. The Morgan fingerprint density at radius 3 is 2.35 bits per heavy atom. The minimum Gasteiger partial charge on any atom is -0.339 e. The number of hydrogen-bond acceptors (Lipinski definition) is 1. The second-order valence-corrected chi connectivity index (χ2v) is 5.63. The average Bonchev–Trinajstić information content (AvgIpc) is 3.20. The lowest BCUT2D eigenvalue weighted by molar-refractivity contribution is 0.0727. The molecule has 1 aromatic carbocycles. The third-order valence-corrected chi connectivity index (χ3v) is 4.25. The van der Waals surface area contributed by atoms with Gasteiger partial charge in [-0.2, -0.15) is 0 Å². The molecule has 1 amide bonds. The minimum atomic E-state index is 0.114. The highest BCUT2D eigenvalue weighted by Gasteiger charge is 2.32. The molecule has 1 heterocycles. The van der Waals surface area contributed by atoms with Gasteiger partial charge in [0.15, 0.2) is 0 Å².